The highest BCUT2D eigenvalue weighted by Gasteiger charge is 2.51. The molecule has 0 N–H and O–H groups in total. The fraction of sp³-hybridized carbons (Fsp3) is 0.169. The highest BCUT2D eigenvalue weighted by atomic mass is 16.3. The first kappa shape index (κ1) is 55.8. The van der Waals surface area contributed by atoms with E-state index in [0.29, 0.717) is 0 Å². The summed E-state index contributed by atoms with van der Waals surface area (Å²) >= 11 is 0. The standard InChI is InChI=1S/C89H74N2O/c1-85(2,3)55-37-41-59(42-38-55)90(62-45-48-67-65-30-19-22-34-73(65)87(7,8)75(67)52-62)61-47-50-70-72(51-61)64-29-17-18-32-69(64)81-82-77(89(83(70)81,57-25-13-11-14-26-57)58-27-15-12-16-28-58)54-78(80-71-33-21-24-36-79(71)92-84(80)82)91(60-43-39-56(40-44-60)86(4,5)6)63-46-49-68-66-31-20-23-35-74(66)88(9,10)76(68)53-63/h11-54H,1-10H3. The monoisotopic (exact) mass is 1190 g/mol. The third kappa shape index (κ3) is 8.00. The van der Waals surface area contributed by atoms with Gasteiger partial charge in [0.25, 0.3) is 0 Å². The highest BCUT2D eigenvalue weighted by Crippen LogP contribution is 2.65. The van der Waals surface area contributed by atoms with Crippen molar-refractivity contribution >= 4 is 77.6 Å². The van der Waals surface area contributed by atoms with Gasteiger partial charge in [-0.3, -0.25) is 0 Å². The molecule has 0 spiro atoms. The van der Waals surface area contributed by atoms with Gasteiger partial charge in [-0.15, -0.1) is 0 Å². The molecule has 17 rings (SSSR count). The van der Waals surface area contributed by atoms with Crippen molar-refractivity contribution in [3.8, 4) is 33.4 Å². The summed E-state index contributed by atoms with van der Waals surface area (Å²) in [6, 6.07) is 101. The van der Waals surface area contributed by atoms with E-state index < -0.39 is 5.41 Å². The van der Waals surface area contributed by atoms with Crippen LogP contribution in [-0.4, -0.2) is 0 Å². The Balaban J connectivity index is 0.979. The number of hydrogen-bond donors (Lipinski definition) is 0. The van der Waals surface area contributed by atoms with Crippen LogP contribution in [0.3, 0.4) is 0 Å². The lowest BCUT2D eigenvalue weighted by Crippen LogP contribution is -2.29. The van der Waals surface area contributed by atoms with Crippen molar-refractivity contribution in [2.75, 3.05) is 9.80 Å². The van der Waals surface area contributed by atoms with E-state index in [-0.39, 0.29) is 21.7 Å². The fourth-order valence-corrected chi connectivity index (χ4v) is 16.6. The van der Waals surface area contributed by atoms with Crippen LogP contribution in [0.4, 0.5) is 34.1 Å². The highest BCUT2D eigenvalue weighted by molar-refractivity contribution is 6.26. The topological polar surface area (TPSA) is 19.6 Å². The minimum Gasteiger partial charge on any atom is -0.455 e. The first-order valence-electron chi connectivity index (χ1n) is 32.8. The van der Waals surface area contributed by atoms with Crippen LogP contribution in [0.25, 0.3) is 76.9 Å². The molecular formula is C89H74N2O. The summed E-state index contributed by atoms with van der Waals surface area (Å²) in [5, 5.41) is 6.92. The second-order valence-electron chi connectivity index (χ2n) is 29.2. The van der Waals surface area contributed by atoms with Gasteiger partial charge in [0.2, 0.25) is 0 Å². The maximum Gasteiger partial charge on any atom is 0.145 e. The molecule has 14 aromatic rings. The Bertz CT molecular complexity index is 5300. The molecule has 1 aromatic heterocycles. The number of benzene rings is 13. The molecule has 0 aliphatic heterocycles. The minimum atomic E-state index is -0.856. The zero-order valence-electron chi connectivity index (χ0n) is 54.2. The molecular weight excluding hydrogens is 1110 g/mol. The van der Waals surface area contributed by atoms with Gasteiger partial charge in [0.05, 0.1) is 16.5 Å². The SMILES string of the molecule is CC(C)(C)c1ccc(N(c2ccc3c(c2)C(C)(C)c2ccccc2-3)c2ccc3c4c(c5ccccc5c3c2)-c2c(cc(N(c3ccc(C(C)(C)C)cc3)c3ccc5c(c3)C(C)(C)c3ccccc3-5)c3c2oc2ccccc23)C4(c2ccccc2)c2ccccc2)cc1. The van der Waals surface area contributed by atoms with Crippen LogP contribution in [-0.2, 0) is 27.1 Å². The summed E-state index contributed by atoms with van der Waals surface area (Å²) in [5.41, 5.74) is 27.3. The third-order valence-electron chi connectivity index (χ3n) is 21.2. The van der Waals surface area contributed by atoms with E-state index in [1.165, 1.54) is 105 Å². The fourth-order valence-electron chi connectivity index (χ4n) is 16.6. The Morgan fingerprint density at radius 2 is 0.750 bits per heavy atom. The van der Waals surface area contributed by atoms with E-state index in [0.717, 1.165) is 61.6 Å². The maximum absolute atomic E-state index is 7.67. The van der Waals surface area contributed by atoms with Crippen LogP contribution in [0.2, 0.25) is 0 Å². The van der Waals surface area contributed by atoms with Gasteiger partial charge in [-0.25, -0.2) is 0 Å². The molecule has 3 aliphatic rings. The van der Waals surface area contributed by atoms with Gasteiger partial charge >= 0.3 is 0 Å². The molecule has 0 bridgehead atoms. The molecule has 3 aliphatic carbocycles. The quantitative estimate of drug-likeness (QED) is 0.141. The molecule has 13 aromatic carbocycles. The number of nitrogens with zero attached hydrogens (tertiary/aromatic N) is 2. The van der Waals surface area contributed by atoms with Crippen LogP contribution >= 0.6 is 0 Å². The molecule has 3 nitrogen and oxygen atoms in total. The van der Waals surface area contributed by atoms with Gasteiger partial charge in [0, 0.05) is 50.2 Å². The van der Waals surface area contributed by atoms with Gasteiger partial charge < -0.3 is 14.2 Å². The molecule has 446 valence electrons. The van der Waals surface area contributed by atoms with Crippen LogP contribution in [0, 0.1) is 0 Å². The summed E-state index contributed by atoms with van der Waals surface area (Å²) in [5.74, 6) is 0. The Morgan fingerprint density at radius 3 is 1.30 bits per heavy atom. The number of hydrogen-bond acceptors (Lipinski definition) is 3. The molecule has 0 atom stereocenters. The summed E-state index contributed by atoms with van der Waals surface area (Å²) in [6.45, 7) is 23.3. The normalized spacial score (nSPS) is 14.7. The molecule has 0 saturated heterocycles. The Hall–Kier alpha value is -10.2. The first-order valence-corrected chi connectivity index (χ1v) is 32.8. The number of anilines is 6. The van der Waals surface area contributed by atoms with Crippen LogP contribution in [0.15, 0.2) is 271 Å². The van der Waals surface area contributed by atoms with E-state index in [1.54, 1.807) is 0 Å². The number of furan rings is 1. The molecule has 3 heteroatoms. The molecule has 0 fully saturated rings. The zero-order valence-corrected chi connectivity index (χ0v) is 54.2. The average Bonchev–Trinajstić information content (AvgIpc) is 1.49. The smallest absolute Gasteiger partial charge is 0.145 e. The third-order valence-corrected chi connectivity index (χ3v) is 21.2. The molecule has 0 unspecified atom stereocenters. The van der Waals surface area contributed by atoms with Crippen LogP contribution < -0.4 is 9.80 Å². The van der Waals surface area contributed by atoms with Gasteiger partial charge in [-0.05, 0) is 189 Å². The van der Waals surface area contributed by atoms with Crippen LogP contribution in [0.1, 0.15) is 125 Å². The number of rotatable bonds is 8. The Labute approximate surface area is 540 Å². The minimum absolute atomic E-state index is 0.00669. The summed E-state index contributed by atoms with van der Waals surface area (Å²) in [7, 11) is 0. The summed E-state index contributed by atoms with van der Waals surface area (Å²) < 4.78 is 7.67. The van der Waals surface area contributed by atoms with E-state index >= 15 is 0 Å². The molecule has 0 amide bonds. The van der Waals surface area contributed by atoms with Crippen molar-refractivity contribution in [2.45, 2.75) is 96.3 Å². The average molecular weight is 1190 g/mol. The van der Waals surface area contributed by atoms with Gasteiger partial charge in [0.15, 0.2) is 0 Å². The summed E-state index contributed by atoms with van der Waals surface area (Å²) in [4.78, 5) is 5.04. The second-order valence-corrected chi connectivity index (χ2v) is 29.2. The van der Waals surface area contributed by atoms with Crippen LogP contribution in [0.5, 0.6) is 0 Å². The van der Waals surface area contributed by atoms with E-state index in [4.69, 9.17) is 4.42 Å². The largest absolute Gasteiger partial charge is 0.455 e. The lowest BCUT2D eigenvalue weighted by Gasteiger charge is -2.36. The first-order chi connectivity index (χ1) is 44.4. The summed E-state index contributed by atoms with van der Waals surface area (Å²) in [6.07, 6.45) is 0. The zero-order chi connectivity index (χ0) is 62.8. The van der Waals surface area contributed by atoms with Crippen molar-refractivity contribution in [2.24, 2.45) is 0 Å². The van der Waals surface area contributed by atoms with Gasteiger partial charge in [-0.1, -0.05) is 263 Å². The predicted octanol–water partition coefficient (Wildman–Crippen LogP) is 24.4. The maximum atomic E-state index is 7.67. The van der Waals surface area contributed by atoms with Gasteiger partial charge in [0.1, 0.15) is 11.2 Å². The van der Waals surface area contributed by atoms with Crippen molar-refractivity contribution in [1.82, 2.24) is 0 Å². The molecule has 0 radical (unpaired) electrons. The number of para-hydroxylation sites is 1. The van der Waals surface area contributed by atoms with Crippen molar-refractivity contribution < 1.29 is 4.42 Å². The Kier molecular flexibility index (Phi) is 12.1. The molecule has 0 saturated carbocycles. The second kappa shape index (κ2) is 19.9. The predicted molar refractivity (Wildman–Crippen MR) is 388 cm³/mol. The molecule has 1 heterocycles. The Morgan fingerprint density at radius 1 is 0.315 bits per heavy atom. The van der Waals surface area contributed by atoms with E-state index in [9.17, 15) is 0 Å². The van der Waals surface area contributed by atoms with E-state index in [1.807, 2.05) is 0 Å². The van der Waals surface area contributed by atoms with Crippen molar-refractivity contribution in [3.05, 3.63) is 323 Å². The molecule has 92 heavy (non-hydrogen) atoms. The lowest BCUT2D eigenvalue weighted by molar-refractivity contribution is 0.590. The van der Waals surface area contributed by atoms with Crippen molar-refractivity contribution in [1.29, 1.82) is 0 Å². The van der Waals surface area contributed by atoms with Gasteiger partial charge in [-0.2, -0.15) is 0 Å². The lowest BCUT2D eigenvalue weighted by atomic mass is 9.66. The van der Waals surface area contributed by atoms with E-state index in [2.05, 4.69) is 346 Å². The number of fused-ring (bicyclic) bond motifs is 18. The van der Waals surface area contributed by atoms with Crippen molar-refractivity contribution in [3.63, 3.8) is 0 Å².